The van der Waals surface area contributed by atoms with Crippen molar-refractivity contribution in [3.05, 3.63) is 0 Å². The average molecular weight is 293 g/mol. The molecule has 0 aromatic heterocycles. The average Bonchev–Trinajstić information content (AvgIpc) is 2.71. The van der Waals surface area contributed by atoms with E-state index in [1.165, 1.54) is 71.1 Å². The summed E-state index contributed by atoms with van der Waals surface area (Å²) in [4.78, 5) is 5.41. The van der Waals surface area contributed by atoms with Gasteiger partial charge in [-0.3, -0.25) is 4.90 Å². The van der Waals surface area contributed by atoms with E-state index >= 15 is 0 Å². The molecule has 21 heavy (non-hydrogen) atoms. The molecule has 0 saturated carbocycles. The zero-order chi connectivity index (χ0) is 14.9. The first kappa shape index (κ1) is 15.8. The highest BCUT2D eigenvalue weighted by Gasteiger charge is 2.43. The van der Waals surface area contributed by atoms with Crippen LogP contribution >= 0.6 is 0 Å². The predicted octanol–water partition coefficient (Wildman–Crippen LogP) is 2.71. The molecule has 0 spiro atoms. The second-order valence-corrected chi connectivity index (χ2v) is 8.29. The van der Waals surface area contributed by atoms with Crippen LogP contribution in [0.15, 0.2) is 0 Å². The lowest BCUT2D eigenvalue weighted by atomic mass is 9.79. The Morgan fingerprint density at radius 1 is 1.10 bits per heavy atom. The van der Waals surface area contributed by atoms with E-state index in [4.69, 9.17) is 0 Å². The number of nitrogens with one attached hydrogen (secondary N) is 1. The number of rotatable bonds is 5. The summed E-state index contributed by atoms with van der Waals surface area (Å²) in [5.74, 6) is 0. The molecule has 3 heteroatoms. The van der Waals surface area contributed by atoms with Crippen LogP contribution in [0.1, 0.15) is 58.8 Å². The number of hydrogen-bond acceptors (Lipinski definition) is 3. The van der Waals surface area contributed by atoms with E-state index in [1.54, 1.807) is 0 Å². The number of hydrogen-bond donors (Lipinski definition) is 1. The lowest BCUT2D eigenvalue weighted by Gasteiger charge is -2.46. The van der Waals surface area contributed by atoms with E-state index in [-0.39, 0.29) is 0 Å². The van der Waals surface area contributed by atoms with Gasteiger partial charge in [0.05, 0.1) is 0 Å². The summed E-state index contributed by atoms with van der Waals surface area (Å²) in [5.41, 5.74) is 0.567. The van der Waals surface area contributed by atoms with Crippen molar-refractivity contribution >= 4 is 0 Å². The zero-order valence-electron chi connectivity index (χ0n) is 14.4. The fourth-order valence-electron chi connectivity index (χ4n) is 4.80. The van der Waals surface area contributed by atoms with E-state index in [2.05, 4.69) is 36.0 Å². The maximum atomic E-state index is 3.78. The lowest BCUT2D eigenvalue weighted by Crippen LogP contribution is -2.53. The minimum absolute atomic E-state index is 0.567. The molecule has 2 atom stereocenters. The first-order valence-corrected chi connectivity index (χ1v) is 9.27. The van der Waals surface area contributed by atoms with E-state index in [1.807, 2.05) is 0 Å². The van der Waals surface area contributed by atoms with Crippen LogP contribution in [0.3, 0.4) is 0 Å². The highest BCUT2D eigenvalue weighted by Crippen LogP contribution is 2.40. The normalized spacial score (nSPS) is 37.0. The minimum Gasteiger partial charge on any atom is -0.314 e. The van der Waals surface area contributed by atoms with Crippen LogP contribution in [0, 0.1) is 5.41 Å². The largest absolute Gasteiger partial charge is 0.314 e. The molecule has 0 amide bonds. The van der Waals surface area contributed by atoms with Gasteiger partial charge in [0.25, 0.3) is 0 Å². The molecule has 0 aromatic carbocycles. The quantitative estimate of drug-likeness (QED) is 0.841. The molecule has 3 heterocycles. The van der Waals surface area contributed by atoms with Crippen molar-refractivity contribution < 1.29 is 0 Å². The van der Waals surface area contributed by atoms with Gasteiger partial charge in [-0.1, -0.05) is 13.8 Å². The van der Waals surface area contributed by atoms with Crippen molar-refractivity contribution in [2.45, 2.75) is 76.9 Å². The van der Waals surface area contributed by atoms with E-state index in [0.29, 0.717) is 5.41 Å². The van der Waals surface area contributed by atoms with E-state index in [0.717, 1.165) is 18.1 Å². The molecule has 0 aliphatic carbocycles. The van der Waals surface area contributed by atoms with Crippen LogP contribution in [-0.2, 0) is 0 Å². The van der Waals surface area contributed by atoms with Crippen molar-refractivity contribution in [3.8, 4) is 0 Å². The standard InChI is InChI=1S/C18H35N3/c1-4-9-19-15-12-16-5-6-17(13-15)21(16)14-18(2)7-10-20(3)11-8-18/h15-17,19H,4-14H2,1-3H3. The Hall–Kier alpha value is -0.120. The maximum absolute atomic E-state index is 3.78. The molecule has 2 bridgehead atoms. The molecule has 2 unspecified atom stereocenters. The summed E-state index contributed by atoms with van der Waals surface area (Å²) in [7, 11) is 2.27. The van der Waals surface area contributed by atoms with Crippen molar-refractivity contribution in [1.82, 2.24) is 15.1 Å². The number of fused-ring (bicyclic) bond motifs is 2. The molecule has 3 fully saturated rings. The summed E-state index contributed by atoms with van der Waals surface area (Å²) in [6, 6.07) is 2.54. The summed E-state index contributed by atoms with van der Waals surface area (Å²) in [5, 5.41) is 3.78. The van der Waals surface area contributed by atoms with Crippen LogP contribution < -0.4 is 5.32 Å². The monoisotopic (exact) mass is 293 g/mol. The molecule has 3 saturated heterocycles. The third-order valence-electron chi connectivity index (χ3n) is 6.33. The molecule has 122 valence electrons. The third kappa shape index (κ3) is 3.62. The SMILES string of the molecule is CCCNC1CC2CCC(C1)N2CC1(C)CCN(C)CC1. The zero-order valence-corrected chi connectivity index (χ0v) is 14.4. The predicted molar refractivity (Wildman–Crippen MR) is 89.7 cm³/mol. The molecule has 3 nitrogen and oxygen atoms in total. The molecule has 3 aliphatic heterocycles. The Kier molecular flexibility index (Phi) is 4.92. The Morgan fingerprint density at radius 3 is 2.29 bits per heavy atom. The highest BCUT2D eigenvalue weighted by molar-refractivity contribution is 5.00. The van der Waals surface area contributed by atoms with Gasteiger partial charge < -0.3 is 10.2 Å². The molecule has 3 aliphatic rings. The Bertz CT molecular complexity index is 321. The molecule has 1 N–H and O–H groups in total. The number of likely N-dealkylation sites (tertiary alicyclic amines) is 1. The Morgan fingerprint density at radius 2 is 1.71 bits per heavy atom. The van der Waals surface area contributed by atoms with Crippen molar-refractivity contribution in [2.75, 3.05) is 33.2 Å². The van der Waals surface area contributed by atoms with Gasteiger partial charge in [0.1, 0.15) is 0 Å². The van der Waals surface area contributed by atoms with Gasteiger partial charge in [-0.2, -0.15) is 0 Å². The van der Waals surface area contributed by atoms with Gasteiger partial charge in [0, 0.05) is 24.7 Å². The molecular formula is C18H35N3. The fourth-order valence-corrected chi connectivity index (χ4v) is 4.80. The van der Waals surface area contributed by atoms with Crippen LogP contribution in [0.2, 0.25) is 0 Å². The van der Waals surface area contributed by atoms with Crippen molar-refractivity contribution in [1.29, 1.82) is 0 Å². The second-order valence-electron chi connectivity index (χ2n) is 8.29. The van der Waals surface area contributed by atoms with Crippen LogP contribution in [0.5, 0.6) is 0 Å². The van der Waals surface area contributed by atoms with Gasteiger partial charge >= 0.3 is 0 Å². The van der Waals surface area contributed by atoms with Crippen LogP contribution in [0.25, 0.3) is 0 Å². The van der Waals surface area contributed by atoms with Gasteiger partial charge in [0.15, 0.2) is 0 Å². The Balaban J connectivity index is 1.55. The first-order chi connectivity index (χ1) is 10.1. The van der Waals surface area contributed by atoms with E-state index < -0.39 is 0 Å². The van der Waals surface area contributed by atoms with Crippen LogP contribution in [-0.4, -0.2) is 61.2 Å². The molecule has 0 radical (unpaired) electrons. The van der Waals surface area contributed by atoms with Gasteiger partial charge in [-0.25, -0.2) is 0 Å². The van der Waals surface area contributed by atoms with E-state index in [9.17, 15) is 0 Å². The summed E-state index contributed by atoms with van der Waals surface area (Å²) < 4.78 is 0. The first-order valence-electron chi connectivity index (χ1n) is 9.27. The smallest absolute Gasteiger partial charge is 0.0114 e. The summed E-state index contributed by atoms with van der Waals surface area (Å²) in [6.45, 7) is 9.96. The summed E-state index contributed by atoms with van der Waals surface area (Å²) >= 11 is 0. The third-order valence-corrected chi connectivity index (χ3v) is 6.33. The fraction of sp³-hybridized carbons (Fsp3) is 1.00. The topological polar surface area (TPSA) is 18.5 Å². The van der Waals surface area contributed by atoms with Crippen LogP contribution in [0.4, 0.5) is 0 Å². The van der Waals surface area contributed by atoms with Gasteiger partial charge in [0.2, 0.25) is 0 Å². The van der Waals surface area contributed by atoms with Gasteiger partial charge in [-0.15, -0.1) is 0 Å². The van der Waals surface area contributed by atoms with Crippen molar-refractivity contribution in [3.63, 3.8) is 0 Å². The second kappa shape index (κ2) is 6.55. The van der Waals surface area contributed by atoms with Gasteiger partial charge in [-0.05, 0) is 77.0 Å². The molecular weight excluding hydrogens is 258 g/mol. The number of nitrogens with zero attached hydrogens (tertiary/aromatic N) is 2. The minimum atomic E-state index is 0.567. The lowest BCUT2D eigenvalue weighted by molar-refractivity contribution is 0.0356. The highest BCUT2D eigenvalue weighted by atomic mass is 15.2. The molecule has 3 rings (SSSR count). The van der Waals surface area contributed by atoms with Crippen molar-refractivity contribution in [2.24, 2.45) is 5.41 Å². The summed E-state index contributed by atoms with van der Waals surface area (Å²) in [6.07, 6.45) is 9.73. The maximum Gasteiger partial charge on any atom is 0.0114 e. The Labute approximate surface area is 131 Å². The number of piperidine rings is 2. The molecule has 0 aromatic rings.